The standard InChI is InChI=1S/C16H9N3O5S2/c20-15-14(9-10-2-1-3-13(8-10)19(23)24)26-16(25)17(15)11-4-6-12(7-5-11)18(21)22/h1-9H/b14-9-. The highest BCUT2D eigenvalue weighted by Gasteiger charge is 2.33. The SMILES string of the molecule is O=C1/C(=C/c2cccc([N+](=O)[O-])c2)SC(=S)N1c1ccc([N+](=O)[O-])cc1. The van der Waals surface area contributed by atoms with E-state index in [9.17, 15) is 25.0 Å². The zero-order valence-corrected chi connectivity index (χ0v) is 14.5. The average Bonchev–Trinajstić information content (AvgIpc) is 2.89. The molecule has 0 radical (unpaired) electrons. The fourth-order valence-corrected chi connectivity index (χ4v) is 3.59. The van der Waals surface area contributed by atoms with E-state index >= 15 is 0 Å². The molecule has 2 aromatic rings. The van der Waals surface area contributed by atoms with Gasteiger partial charge in [0.25, 0.3) is 17.3 Å². The quantitative estimate of drug-likeness (QED) is 0.339. The number of nitrogens with zero attached hydrogens (tertiary/aromatic N) is 3. The zero-order chi connectivity index (χ0) is 18.8. The number of amides is 1. The first kappa shape index (κ1) is 17.7. The van der Waals surface area contributed by atoms with Gasteiger partial charge < -0.3 is 0 Å². The number of thiocarbonyl (C=S) groups is 1. The average molecular weight is 387 g/mol. The summed E-state index contributed by atoms with van der Waals surface area (Å²) in [5.74, 6) is -0.389. The van der Waals surface area contributed by atoms with E-state index in [-0.39, 0.29) is 21.6 Å². The van der Waals surface area contributed by atoms with E-state index in [1.165, 1.54) is 53.4 Å². The molecule has 3 rings (SSSR count). The molecule has 0 unspecified atom stereocenters. The topological polar surface area (TPSA) is 107 Å². The molecule has 0 aliphatic carbocycles. The molecule has 8 nitrogen and oxygen atoms in total. The van der Waals surface area contributed by atoms with Crippen molar-refractivity contribution in [3.05, 3.63) is 79.2 Å². The molecule has 0 atom stereocenters. The number of carbonyl (C=O) groups excluding carboxylic acids is 1. The van der Waals surface area contributed by atoms with Gasteiger partial charge in [0.2, 0.25) is 0 Å². The predicted octanol–water partition coefficient (Wildman–Crippen LogP) is 3.91. The van der Waals surface area contributed by atoms with Crippen molar-refractivity contribution in [2.24, 2.45) is 0 Å². The monoisotopic (exact) mass is 387 g/mol. The highest BCUT2D eigenvalue weighted by atomic mass is 32.2. The van der Waals surface area contributed by atoms with Crippen LogP contribution in [0.4, 0.5) is 17.1 Å². The lowest BCUT2D eigenvalue weighted by Crippen LogP contribution is -2.27. The number of thioether (sulfide) groups is 1. The van der Waals surface area contributed by atoms with E-state index in [2.05, 4.69) is 0 Å². The summed E-state index contributed by atoms with van der Waals surface area (Å²) in [6.07, 6.45) is 1.53. The Labute approximate surface area is 156 Å². The van der Waals surface area contributed by atoms with Gasteiger partial charge in [-0.3, -0.25) is 29.9 Å². The minimum absolute atomic E-state index is 0.0791. The van der Waals surface area contributed by atoms with Crippen LogP contribution >= 0.6 is 24.0 Å². The molecule has 0 saturated carbocycles. The van der Waals surface area contributed by atoms with Gasteiger partial charge in [-0.15, -0.1) is 0 Å². The summed E-state index contributed by atoms with van der Waals surface area (Å²) in [6.45, 7) is 0. The number of hydrogen-bond donors (Lipinski definition) is 0. The van der Waals surface area contributed by atoms with Gasteiger partial charge in [-0.1, -0.05) is 36.1 Å². The molecule has 1 fully saturated rings. The van der Waals surface area contributed by atoms with Gasteiger partial charge in [0.15, 0.2) is 4.32 Å². The van der Waals surface area contributed by atoms with Crippen LogP contribution in [-0.4, -0.2) is 20.1 Å². The molecule has 1 saturated heterocycles. The third-order valence-electron chi connectivity index (χ3n) is 3.49. The second-order valence-corrected chi connectivity index (χ2v) is 6.82. The molecule has 1 amide bonds. The lowest BCUT2D eigenvalue weighted by Gasteiger charge is -2.13. The number of anilines is 1. The molecule has 0 bridgehead atoms. The van der Waals surface area contributed by atoms with E-state index in [4.69, 9.17) is 12.2 Å². The van der Waals surface area contributed by atoms with Crippen molar-refractivity contribution in [3.63, 3.8) is 0 Å². The van der Waals surface area contributed by atoms with E-state index < -0.39 is 9.85 Å². The fraction of sp³-hybridized carbons (Fsp3) is 0. The minimum Gasteiger partial charge on any atom is -0.268 e. The first-order chi connectivity index (χ1) is 12.4. The van der Waals surface area contributed by atoms with Crippen LogP contribution in [-0.2, 0) is 4.79 Å². The van der Waals surface area contributed by atoms with Gasteiger partial charge in [0.05, 0.1) is 20.4 Å². The number of non-ortho nitro benzene ring substituents is 2. The molecule has 0 aromatic heterocycles. The van der Waals surface area contributed by atoms with Crippen molar-refractivity contribution in [1.82, 2.24) is 0 Å². The number of rotatable bonds is 4. The maximum Gasteiger partial charge on any atom is 0.270 e. The molecule has 2 aromatic carbocycles. The maximum absolute atomic E-state index is 12.6. The normalized spacial score (nSPS) is 15.5. The Morgan fingerprint density at radius 1 is 1.00 bits per heavy atom. The molecule has 26 heavy (non-hydrogen) atoms. The zero-order valence-electron chi connectivity index (χ0n) is 12.9. The summed E-state index contributed by atoms with van der Waals surface area (Å²) < 4.78 is 0.278. The fourth-order valence-electron chi connectivity index (χ4n) is 2.29. The van der Waals surface area contributed by atoms with Crippen LogP contribution in [0.3, 0.4) is 0 Å². The summed E-state index contributed by atoms with van der Waals surface area (Å²) in [7, 11) is 0. The van der Waals surface area contributed by atoms with Gasteiger partial charge in [-0.25, -0.2) is 0 Å². The Hall–Kier alpha value is -3.11. The van der Waals surface area contributed by atoms with E-state index in [0.29, 0.717) is 16.2 Å². The highest BCUT2D eigenvalue weighted by Crippen LogP contribution is 2.36. The summed E-state index contributed by atoms with van der Waals surface area (Å²) >= 11 is 6.29. The van der Waals surface area contributed by atoms with E-state index in [0.717, 1.165) is 11.8 Å². The van der Waals surface area contributed by atoms with Crippen molar-refractivity contribution in [3.8, 4) is 0 Å². The van der Waals surface area contributed by atoms with Crippen molar-refractivity contribution in [1.29, 1.82) is 0 Å². The van der Waals surface area contributed by atoms with Gasteiger partial charge in [-0.2, -0.15) is 0 Å². The maximum atomic E-state index is 12.6. The van der Waals surface area contributed by atoms with Crippen LogP contribution in [0, 0.1) is 20.2 Å². The molecule has 10 heteroatoms. The molecule has 0 spiro atoms. The van der Waals surface area contributed by atoms with Gasteiger partial charge in [-0.05, 0) is 23.8 Å². The Balaban J connectivity index is 1.90. The summed E-state index contributed by atoms with van der Waals surface area (Å²) in [6, 6.07) is 11.4. The molecule has 1 aliphatic heterocycles. The Bertz CT molecular complexity index is 972. The van der Waals surface area contributed by atoms with E-state index in [1.807, 2.05) is 0 Å². The second kappa shape index (κ2) is 7.02. The van der Waals surface area contributed by atoms with Crippen molar-refractivity contribution in [2.75, 3.05) is 4.90 Å². The third kappa shape index (κ3) is 3.46. The molecular weight excluding hydrogens is 378 g/mol. The molecule has 130 valence electrons. The molecular formula is C16H9N3O5S2. The van der Waals surface area contributed by atoms with Gasteiger partial charge in [0.1, 0.15) is 0 Å². The van der Waals surface area contributed by atoms with Crippen molar-refractivity contribution in [2.45, 2.75) is 0 Å². The van der Waals surface area contributed by atoms with Crippen molar-refractivity contribution >= 4 is 57.3 Å². The Morgan fingerprint density at radius 2 is 1.65 bits per heavy atom. The van der Waals surface area contributed by atoms with Gasteiger partial charge in [0, 0.05) is 24.3 Å². The molecule has 0 N–H and O–H groups in total. The van der Waals surface area contributed by atoms with E-state index in [1.54, 1.807) is 6.07 Å². The smallest absolute Gasteiger partial charge is 0.268 e. The lowest BCUT2D eigenvalue weighted by molar-refractivity contribution is -0.385. The Morgan fingerprint density at radius 3 is 2.27 bits per heavy atom. The van der Waals surface area contributed by atoms with Crippen LogP contribution in [0.15, 0.2) is 53.4 Å². The first-order valence-corrected chi connectivity index (χ1v) is 8.36. The van der Waals surface area contributed by atoms with Crippen LogP contribution in [0.1, 0.15) is 5.56 Å². The van der Waals surface area contributed by atoms with Gasteiger partial charge >= 0.3 is 0 Å². The lowest BCUT2D eigenvalue weighted by atomic mass is 10.2. The predicted molar refractivity (Wildman–Crippen MR) is 102 cm³/mol. The minimum atomic E-state index is -0.531. The number of nitro benzene ring substituents is 2. The van der Waals surface area contributed by atoms with Crippen molar-refractivity contribution < 1.29 is 14.6 Å². The third-order valence-corrected chi connectivity index (χ3v) is 4.79. The Kier molecular flexibility index (Phi) is 4.78. The first-order valence-electron chi connectivity index (χ1n) is 7.13. The number of benzene rings is 2. The number of hydrogen-bond acceptors (Lipinski definition) is 7. The largest absolute Gasteiger partial charge is 0.270 e. The highest BCUT2D eigenvalue weighted by molar-refractivity contribution is 8.27. The molecule has 1 heterocycles. The number of nitro groups is 2. The summed E-state index contributed by atoms with van der Waals surface area (Å²) in [4.78, 5) is 34.8. The molecule has 1 aliphatic rings. The van der Waals surface area contributed by atoms with Crippen LogP contribution < -0.4 is 4.90 Å². The van der Waals surface area contributed by atoms with Crippen LogP contribution in [0.5, 0.6) is 0 Å². The summed E-state index contributed by atoms with van der Waals surface area (Å²) in [5, 5.41) is 21.6. The second-order valence-electron chi connectivity index (χ2n) is 5.14. The summed E-state index contributed by atoms with van der Waals surface area (Å²) in [5.41, 5.74) is 0.750. The number of carbonyl (C=O) groups is 1. The van der Waals surface area contributed by atoms with Crippen LogP contribution in [0.2, 0.25) is 0 Å². The van der Waals surface area contributed by atoms with Crippen LogP contribution in [0.25, 0.3) is 6.08 Å².